The molecule has 1 rings (SSSR count). The van der Waals surface area contributed by atoms with Crippen molar-refractivity contribution in [1.82, 2.24) is 5.32 Å². The van der Waals surface area contributed by atoms with Crippen molar-refractivity contribution in [2.24, 2.45) is 0 Å². The summed E-state index contributed by atoms with van der Waals surface area (Å²) in [5.74, 6) is 0. The zero-order valence-corrected chi connectivity index (χ0v) is 21.7. The zero-order valence-electron chi connectivity index (χ0n) is 21.7. The SMILES string of the molecule is C=C/C=C(\C=C/COC(CC)C/C=C\C/C=C\C(=C)C)C(F)(F)F.CC.CC1(F)CCNCC1. The van der Waals surface area contributed by atoms with E-state index < -0.39 is 17.4 Å². The van der Waals surface area contributed by atoms with Crippen LogP contribution in [0.3, 0.4) is 0 Å². The second kappa shape index (κ2) is 20.5. The monoisotopic (exact) mass is 487 g/mol. The number of alkyl halides is 4. The van der Waals surface area contributed by atoms with Gasteiger partial charge in [-0.2, -0.15) is 13.2 Å². The Bertz CT molecular complexity index is 650. The molecule has 34 heavy (non-hydrogen) atoms. The van der Waals surface area contributed by atoms with Gasteiger partial charge in [-0.1, -0.05) is 88.1 Å². The van der Waals surface area contributed by atoms with Crippen molar-refractivity contribution < 1.29 is 22.3 Å². The van der Waals surface area contributed by atoms with E-state index in [-0.39, 0.29) is 12.7 Å². The Balaban J connectivity index is 0. The smallest absolute Gasteiger partial charge is 0.374 e. The van der Waals surface area contributed by atoms with Crippen molar-refractivity contribution in [3.8, 4) is 0 Å². The summed E-state index contributed by atoms with van der Waals surface area (Å²) in [5, 5.41) is 3.10. The molecule has 0 aromatic rings. The fourth-order valence-corrected chi connectivity index (χ4v) is 2.73. The molecule has 1 aliphatic heterocycles. The van der Waals surface area contributed by atoms with Gasteiger partial charge in [-0.15, -0.1) is 0 Å². The lowest BCUT2D eigenvalue weighted by Crippen LogP contribution is -2.36. The van der Waals surface area contributed by atoms with Gasteiger partial charge in [0, 0.05) is 0 Å². The number of halogens is 4. The maximum atomic E-state index is 12.8. The summed E-state index contributed by atoms with van der Waals surface area (Å²) in [6.07, 6.45) is 11.8. The molecule has 2 nitrogen and oxygen atoms in total. The van der Waals surface area contributed by atoms with Crippen LogP contribution in [0.1, 0.15) is 66.7 Å². The van der Waals surface area contributed by atoms with Crippen molar-refractivity contribution in [1.29, 1.82) is 0 Å². The molecule has 1 N–H and O–H groups in total. The molecule has 196 valence electrons. The van der Waals surface area contributed by atoms with Crippen LogP contribution in [-0.2, 0) is 4.74 Å². The third-order valence-corrected chi connectivity index (χ3v) is 4.69. The molecular formula is C28H45F4NO. The number of hydrogen-bond acceptors (Lipinski definition) is 2. The second-order valence-electron chi connectivity index (χ2n) is 7.98. The molecule has 0 amide bonds. The van der Waals surface area contributed by atoms with Crippen LogP contribution in [0.5, 0.6) is 0 Å². The summed E-state index contributed by atoms with van der Waals surface area (Å²) < 4.78 is 56.4. The third kappa shape index (κ3) is 20.7. The van der Waals surface area contributed by atoms with Gasteiger partial charge < -0.3 is 10.1 Å². The molecule has 1 aliphatic rings. The third-order valence-electron chi connectivity index (χ3n) is 4.69. The van der Waals surface area contributed by atoms with Crippen LogP contribution < -0.4 is 5.32 Å². The fourth-order valence-electron chi connectivity index (χ4n) is 2.73. The van der Waals surface area contributed by atoms with Crippen molar-refractivity contribution in [2.45, 2.75) is 84.7 Å². The lowest BCUT2D eigenvalue weighted by atomic mass is 9.97. The summed E-state index contributed by atoms with van der Waals surface area (Å²) >= 11 is 0. The first-order chi connectivity index (χ1) is 16.0. The number of nitrogens with one attached hydrogen (secondary N) is 1. The average molecular weight is 488 g/mol. The molecule has 0 aromatic heterocycles. The van der Waals surface area contributed by atoms with Gasteiger partial charge in [0.2, 0.25) is 0 Å². The van der Waals surface area contributed by atoms with Gasteiger partial charge in [0.25, 0.3) is 0 Å². The van der Waals surface area contributed by atoms with Gasteiger partial charge in [-0.3, -0.25) is 0 Å². The summed E-state index contributed by atoms with van der Waals surface area (Å²) in [6, 6.07) is 0. The van der Waals surface area contributed by atoms with Crippen LogP contribution >= 0.6 is 0 Å². The van der Waals surface area contributed by atoms with Gasteiger partial charge in [-0.05, 0) is 59.0 Å². The molecule has 0 bridgehead atoms. The minimum absolute atomic E-state index is 0.00580. The predicted octanol–water partition coefficient (Wildman–Crippen LogP) is 8.61. The van der Waals surface area contributed by atoms with Gasteiger partial charge in [0.15, 0.2) is 0 Å². The lowest BCUT2D eigenvalue weighted by molar-refractivity contribution is -0.0882. The number of hydrogen-bond donors (Lipinski definition) is 1. The summed E-state index contributed by atoms with van der Waals surface area (Å²) in [7, 11) is 0. The van der Waals surface area contributed by atoms with Gasteiger partial charge in [0.05, 0.1) is 18.3 Å². The first-order valence-corrected chi connectivity index (χ1v) is 12.1. The highest BCUT2D eigenvalue weighted by Crippen LogP contribution is 2.26. The van der Waals surface area contributed by atoms with Crippen LogP contribution in [0.2, 0.25) is 0 Å². The molecule has 0 radical (unpaired) electrons. The highest BCUT2D eigenvalue weighted by Gasteiger charge is 2.31. The van der Waals surface area contributed by atoms with Gasteiger partial charge in [0.1, 0.15) is 5.67 Å². The molecule has 0 spiro atoms. The number of ether oxygens (including phenoxy) is 1. The Morgan fingerprint density at radius 3 is 2.15 bits per heavy atom. The predicted molar refractivity (Wildman–Crippen MR) is 139 cm³/mol. The van der Waals surface area contributed by atoms with Gasteiger partial charge >= 0.3 is 6.18 Å². The molecule has 0 aromatic carbocycles. The minimum Gasteiger partial charge on any atom is -0.374 e. The number of allylic oxidation sites excluding steroid dienone is 8. The maximum Gasteiger partial charge on any atom is 0.416 e. The molecule has 6 heteroatoms. The van der Waals surface area contributed by atoms with Crippen molar-refractivity contribution in [2.75, 3.05) is 19.7 Å². The topological polar surface area (TPSA) is 21.3 Å². The van der Waals surface area contributed by atoms with E-state index in [1.165, 1.54) is 6.08 Å². The van der Waals surface area contributed by atoms with E-state index in [1.54, 1.807) is 6.92 Å². The van der Waals surface area contributed by atoms with E-state index in [4.69, 9.17) is 4.74 Å². The minimum atomic E-state index is -4.38. The number of rotatable bonds is 11. The Kier molecular flexibility index (Phi) is 20.6. The largest absolute Gasteiger partial charge is 0.416 e. The maximum absolute atomic E-state index is 12.8. The molecule has 1 unspecified atom stereocenters. The number of piperidine rings is 1. The quantitative estimate of drug-likeness (QED) is 0.179. The van der Waals surface area contributed by atoms with E-state index in [9.17, 15) is 17.6 Å². The molecule has 0 saturated carbocycles. The molecule has 0 aliphatic carbocycles. The zero-order chi connectivity index (χ0) is 26.5. The summed E-state index contributed by atoms with van der Waals surface area (Å²) in [4.78, 5) is 0. The standard InChI is InChI=1S/C20H27F3O.C6H12FN.C2H6/c1-5-12-18(20(21,22)23)14-11-16-24-19(6-2)15-10-8-7-9-13-17(3)4;1-6(7)2-4-8-5-3-6;1-2/h5,8-14,19H,1,3,6-7,15-16H2,2,4H3;8H,2-5H2,1H3;1-2H3/b10-8-,13-9-,14-11-,18-12+;;. The van der Waals surface area contributed by atoms with Crippen LogP contribution in [0.4, 0.5) is 17.6 Å². The van der Waals surface area contributed by atoms with E-state index >= 15 is 0 Å². The second-order valence-corrected chi connectivity index (χ2v) is 7.98. The first kappa shape index (κ1) is 34.2. The Labute approximate surface area is 205 Å². The van der Waals surface area contributed by atoms with E-state index in [0.717, 1.165) is 56.2 Å². The van der Waals surface area contributed by atoms with Crippen LogP contribution in [0.15, 0.2) is 72.9 Å². The molecule has 1 atom stereocenters. The Morgan fingerprint density at radius 1 is 1.09 bits per heavy atom. The van der Waals surface area contributed by atoms with E-state index in [1.807, 2.05) is 52.0 Å². The highest BCUT2D eigenvalue weighted by molar-refractivity contribution is 5.27. The Hall–Kier alpha value is -1.92. The van der Waals surface area contributed by atoms with Crippen LogP contribution in [0.25, 0.3) is 0 Å². The first-order valence-electron chi connectivity index (χ1n) is 12.1. The molecule has 1 heterocycles. The van der Waals surface area contributed by atoms with Crippen LogP contribution in [0, 0.1) is 0 Å². The normalized spacial score (nSPS) is 17.1. The summed E-state index contributed by atoms with van der Waals surface area (Å²) in [6.45, 7) is 18.5. The molecule has 1 fully saturated rings. The van der Waals surface area contributed by atoms with Gasteiger partial charge in [-0.25, -0.2) is 4.39 Å². The van der Waals surface area contributed by atoms with Crippen molar-refractivity contribution in [3.05, 3.63) is 72.9 Å². The van der Waals surface area contributed by atoms with Crippen LogP contribution in [-0.4, -0.2) is 37.6 Å². The summed E-state index contributed by atoms with van der Waals surface area (Å²) in [5.41, 5.74) is -0.613. The Morgan fingerprint density at radius 2 is 1.71 bits per heavy atom. The fraction of sp³-hybridized carbons (Fsp3) is 0.571. The van der Waals surface area contributed by atoms with Crippen molar-refractivity contribution >= 4 is 0 Å². The molecular weight excluding hydrogens is 442 g/mol. The van der Waals surface area contributed by atoms with Crippen molar-refractivity contribution in [3.63, 3.8) is 0 Å². The average Bonchev–Trinajstić information content (AvgIpc) is 2.77. The lowest BCUT2D eigenvalue weighted by Gasteiger charge is -2.25. The van der Waals surface area contributed by atoms with E-state index in [2.05, 4.69) is 18.5 Å². The highest BCUT2D eigenvalue weighted by atomic mass is 19.4. The molecule has 1 saturated heterocycles. The van der Waals surface area contributed by atoms with E-state index in [0.29, 0.717) is 12.8 Å².